The fourth-order valence-electron chi connectivity index (χ4n) is 4.89. The summed E-state index contributed by atoms with van der Waals surface area (Å²) in [7, 11) is 0. The Balaban J connectivity index is 1.48. The van der Waals surface area contributed by atoms with Crippen molar-refractivity contribution in [2.45, 2.75) is 12.1 Å². The van der Waals surface area contributed by atoms with Gasteiger partial charge in [-0.2, -0.15) is 0 Å². The molecule has 2 fully saturated rings. The second-order valence-corrected chi connectivity index (χ2v) is 8.34. The smallest absolute Gasteiger partial charge is 0.266 e. The van der Waals surface area contributed by atoms with Crippen molar-refractivity contribution < 1.29 is 23.2 Å². The molecule has 5 nitrogen and oxygen atoms in total. The summed E-state index contributed by atoms with van der Waals surface area (Å²) in [5, 5.41) is 3.11. The molecule has 4 aromatic rings. The van der Waals surface area contributed by atoms with Crippen molar-refractivity contribution in [3.63, 3.8) is 0 Å². The summed E-state index contributed by atoms with van der Waals surface area (Å²) in [5.74, 6) is -3.89. The maximum absolute atomic E-state index is 14.2. The molecule has 2 aliphatic rings. The van der Waals surface area contributed by atoms with Gasteiger partial charge in [0.05, 0.1) is 17.4 Å². The maximum atomic E-state index is 14.2. The van der Waals surface area contributed by atoms with Gasteiger partial charge in [0, 0.05) is 5.39 Å². The van der Waals surface area contributed by atoms with Crippen molar-refractivity contribution in [1.29, 1.82) is 0 Å². The third kappa shape index (κ3) is 3.01. The number of carbonyl (C=O) groups is 2. The van der Waals surface area contributed by atoms with E-state index in [1.165, 1.54) is 11.1 Å². The van der Waals surface area contributed by atoms with E-state index in [2.05, 4.69) is 0 Å². The molecule has 0 radical (unpaired) electrons. The maximum Gasteiger partial charge on any atom is 0.266 e. The zero-order valence-electron chi connectivity index (χ0n) is 17.8. The SMILES string of the molecule is O=C1[C@H]2[C@@H](c3ccc(F)c(F)c3)N(c3ccccc3)O[C@H]2C(=O)N1c1cccc2ccccc12. The molecule has 2 aliphatic heterocycles. The van der Waals surface area contributed by atoms with Gasteiger partial charge < -0.3 is 0 Å². The predicted molar refractivity (Wildman–Crippen MR) is 123 cm³/mol. The minimum Gasteiger partial charge on any atom is -0.273 e. The molecule has 0 bridgehead atoms. The average Bonchev–Trinajstić information content (AvgIpc) is 3.37. The molecular formula is C27H18F2N2O3. The van der Waals surface area contributed by atoms with Crippen LogP contribution in [-0.4, -0.2) is 17.9 Å². The molecule has 34 heavy (non-hydrogen) atoms. The molecule has 0 N–H and O–H groups in total. The predicted octanol–water partition coefficient (Wildman–Crippen LogP) is 5.17. The number of rotatable bonds is 3. The standard InChI is InChI=1S/C27H18F2N2O3/c28-20-14-13-17(15-21(20)29)24-23-25(34-31(24)18-9-2-1-3-10-18)27(33)30(26(23)32)22-12-6-8-16-7-4-5-11-19(16)22/h1-15,23-25H/t23-,24+,25+/m0/s1. The van der Waals surface area contributed by atoms with Crippen LogP contribution in [0.1, 0.15) is 11.6 Å². The number of para-hydroxylation sites is 1. The lowest BCUT2D eigenvalue weighted by Gasteiger charge is -2.29. The van der Waals surface area contributed by atoms with Gasteiger partial charge in [-0.3, -0.25) is 14.4 Å². The Morgan fingerprint density at radius 1 is 0.735 bits per heavy atom. The summed E-state index contributed by atoms with van der Waals surface area (Å²) in [5.41, 5.74) is 1.42. The van der Waals surface area contributed by atoms with E-state index in [0.717, 1.165) is 27.8 Å². The Kier molecular flexibility index (Phi) is 4.67. The van der Waals surface area contributed by atoms with Crippen LogP contribution >= 0.6 is 0 Å². The molecule has 168 valence electrons. The quantitative estimate of drug-likeness (QED) is 0.399. The van der Waals surface area contributed by atoms with Crippen molar-refractivity contribution in [3.8, 4) is 0 Å². The molecule has 6 rings (SSSR count). The zero-order valence-corrected chi connectivity index (χ0v) is 17.8. The molecule has 0 aromatic heterocycles. The molecule has 0 saturated carbocycles. The number of imide groups is 1. The summed E-state index contributed by atoms with van der Waals surface area (Å²) in [6.45, 7) is 0. The van der Waals surface area contributed by atoms with E-state index in [1.807, 2.05) is 36.4 Å². The van der Waals surface area contributed by atoms with Crippen LogP contribution in [0.3, 0.4) is 0 Å². The van der Waals surface area contributed by atoms with Gasteiger partial charge in [-0.25, -0.2) is 18.7 Å². The van der Waals surface area contributed by atoms with Crippen LogP contribution in [0.4, 0.5) is 20.2 Å². The van der Waals surface area contributed by atoms with Gasteiger partial charge >= 0.3 is 0 Å². The molecule has 0 unspecified atom stereocenters. The number of amides is 2. The van der Waals surface area contributed by atoms with E-state index < -0.39 is 41.5 Å². The Hall–Kier alpha value is -4.10. The second kappa shape index (κ2) is 7.74. The van der Waals surface area contributed by atoms with Gasteiger partial charge in [-0.1, -0.05) is 60.7 Å². The first-order valence-corrected chi connectivity index (χ1v) is 10.9. The number of hydrogen-bond acceptors (Lipinski definition) is 4. The Labute approximate surface area is 193 Å². The van der Waals surface area contributed by atoms with Crippen LogP contribution in [0.25, 0.3) is 10.8 Å². The van der Waals surface area contributed by atoms with Crippen LogP contribution < -0.4 is 9.96 Å². The van der Waals surface area contributed by atoms with E-state index in [0.29, 0.717) is 16.9 Å². The molecule has 4 aromatic carbocycles. The highest BCUT2D eigenvalue weighted by molar-refractivity contribution is 6.26. The van der Waals surface area contributed by atoms with Crippen molar-refractivity contribution in [2.75, 3.05) is 9.96 Å². The second-order valence-electron chi connectivity index (χ2n) is 8.34. The highest BCUT2D eigenvalue weighted by atomic mass is 19.2. The third-order valence-electron chi connectivity index (χ3n) is 6.42. The Morgan fingerprint density at radius 3 is 2.26 bits per heavy atom. The van der Waals surface area contributed by atoms with Crippen LogP contribution in [-0.2, 0) is 14.4 Å². The van der Waals surface area contributed by atoms with Crippen LogP contribution in [0.15, 0.2) is 91.0 Å². The number of hydrogen-bond donors (Lipinski definition) is 0. The first-order valence-electron chi connectivity index (χ1n) is 10.9. The zero-order chi connectivity index (χ0) is 23.4. The van der Waals surface area contributed by atoms with Crippen LogP contribution in [0.2, 0.25) is 0 Å². The summed E-state index contributed by atoms with van der Waals surface area (Å²) < 4.78 is 27.9. The highest BCUT2D eigenvalue weighted by Crippen LogP contribution is 2.48. The van der Waals surface area contributed by atoms with Gasteiger partial charge in [0.1, 0.15) is 5.92 Å². The lowest BCUT2D eigenvalue weighted by molar-refractivity contribution is -0.126. The monoisotopic (exact) mass is 456 g/mol. The number of benzene rings is 4. The number of fused-ring (bicyclic) bond motifs is 2. The van der Waals surface area contributed by atoms with Crippen molar-refractivity contribution in [1.82, 2.24) is 0 Å². The molecular weight excluding hydrogens is 438 g/mol. The van der Waals surface area contributed by atoms with Gasteiger partial charge in [0.15, 0.2) is 17.7 Å². The fourth-order valence-corrected chi connectivity index (χ4v) is 4.89. The van der Waals surface area contributed by atoms with Crippen molar-refractivity contribution in [3.05, 3.63) is 108 Å². The lowest BCUT2D eigenvalue weighted by atomic mass is 9.90. The number of carbonyl (C=O) groups excluding carboxylic acids is 2. The van der Waals surface area contributed by atoms with E-state index in [1.54, 1.807) is 36.4 Å². The average molecular weight is 456 g/mol. The van der Waals surface area contributed by atoms with E-state index in [9.17, 15) is 18.4 Å². The van der Waals surface area contributed by atoms with Gasteiger partial charge in [-0.15, -0.1) is 0 Å². The highest BCUT2D eigenvalue weighted by Gasteiger charge is 2.60. The minimum atomic E-state index is -1.09. The topological polar surface area (TPSA) is 49.9 Å². The Morgan fingerprint density at radius 2 is 1.47 bits per heavy atom. The minimum absolute atomic E-state index is 0.344. The number of halogens is 2. The molecule has 7 heteroatoms. The molecule has 3 atom stereocenters. The molecule has 0 spiro atoms. The molecule has 2 saturated heterocycles. The number of anilines is 2. The van der Waals surface area contributed by atoms with E-state index in [4.69, 9.17) is 4.84 Å². The van der Waals surface area contributed by atoms with E-state index in [-0.39, 0.29) is 0 Å². The first-order chi connectivity index (χ1) is 16.5. The summed E-state index contributed by atoms with van der Waals surface area (Å²) in [6.07, 6.45) is -1.09. The van der Waals surface area contributed by atoms with Gasteiger partial charge in [0.25, 0.3) is 5.91 Å². The lowest BCUT2D eigenvalue weighted by Crippen LogP contribution is -2.37. The Bertz CT molecular complexity index is 1440. The third-order valence-corrected chi connectivity index (χ3v) is 6.42. The molecule has 2 amide bonds. The molecule has 0 aliphatic carbocycles. The van der Waals surface area contributed by atoms with E-state index >= 15 is 0 Å². The largest absolute Gasteiger partial charge is 0.273 e. The normalized spacial score (nSPS) is 22.0. The van der Waals surface area contributed by atoms with Crippen LogP contribution in [0, 0.1) is 17.6 Å². The number of hydroxylamine groups is 1. The summed E-state index contributed by atoms with van der Waals surface area (Å²) in [6, 6.07) is 24.5. The van der Waals surface area contributed by atoms with Crippen molar-refractivity contribution in [2.24, 2.45) is 5.92 Å². The molecule has 2 heterocycles. The van der Waals surface area contributed by atoms with Gasteiger partial charge in [-0.05, 0) is 41.3 Å². The van der Waals surface area contributed by atoms with Crippen molar-refractivity contribution >= 4 is 34.0 Å². The van der Waals surface area contributed by atoms with Crippen LogP contribution in [0.5, 0.6) is 0 Å². The number of nitrogens with zero attached hydrogens (tertiary/aromatic N) is 2. The first kappa shape index (κ1) is 20.5. The fraction of sp³-hybridized carbons (Fsp3) is 0.111. The summed E-state index contributed by atoms with van der Waals surface area (Å²) in [4.78, 5) is 34.5. The van der Waals surface area contributed by atoms with Gasteiger partial charge in [0.2, 0.25) is 5.91 Å². The summed E-state index contributed by atoms with van der Waals surface area (Å²) >= 11 is 0.